The van der Waals surface area contributed by atoms with Crippen LogP contribution in [0.5, 0.6) is 0 Å². The molecule has 3 rings (SSSR count). The normalized spacial score (nSPS) is 17.0. The first-order chi connectivity index (χ1) is 10.6. The van der Waals surface area contributed by atoms with E-state index in [1.807, 2.05) is 24.3 Å². The summed E-state index contributed by atoms with van der Waals surface area (Å²) >= 11 is 0. The van der Waals surface area contributed by atoms with Crippen molar-refractivity contribution in [2.45, 2.75) is 19.0 Å². The van der Waals surface area contributed by atoms with Crippen LogP contribution in [0.25, 0.3) is 0 Å². The van der Waals surface area contributed by atoms with Crippen LogP contribution in [0.2, 0.25) is 0 Å². The van der Waals surface area contributed by atoms with Crippen molar-refractivity contribution in [3.63, 3.8) is 0 Å². The van der Waals surface area contributed by atoms with E-state index in [9.17, 15) is 19.1 Å². The van der Waals surface area contributed by atoms with Gasteiger partial charge in [0.1, 0.15) is 11.9 Å². The lowest BCUT2D eigenvalue weighted by Crippen LogP contribution is -2.48. The highest BCUT2D eigenvalue weighted by atomic mass is 19.1. The molecule has 0 radical (unpaired) electrons. The lowest BCUT2D eigenvalue weighted by Gasteiger charge is -2.34. The number of hydrogen-bond acceptors (Lipinski definition) is 2. The van der Waals surface area contributed by atoms with Crippen molar-refractivity contribution in [1.29, 1.82) is 0 Å². The zero-order valence-electron chi connectivity index (χ0n) is 11.7. The summed E-state index contributed by atoms with van der Waals surface area (Å²) in [6, 6.07) is 11.8. The number of hydrogen-bond donors (Lipinski definition) is 1. The minimum absolute atomic E-state index is 0.158. The lowest BCUT2D eigenvalue weighted by molar-refractivity contribution is -0.142. The number of aliphatic carboxylic acids is 1. The maximum absolute atomic E-state index is 13.3. The van der Waals surface area contributed by atoms with Gasteiger partial charge in [0.25, 0.3) is 5.91 Å². The largest absolute Gasteiger partial charge is 0.480 e. The Bertz CT molecular complexity index is 744. The van der Waals surface area contributed by atoms with Crippen LogP contribution in [0.15, 0.2) is 48.5 Å². The summed E-state index contributed by atoms with van der Waals surface area (Å²) in [4.78, 5) is 25.4. The van der Waals surface area contributed by atoms with Gasteiger partial charge in [-0.1, -0.05) is 30.3 Å². The van der Waals surface area contributed by atoms with E-state index < -0.39 is 23.7 Å². The highest BCUT2D eigenvalue weighted by molar-refractivity contribution is 5.97. The molecular formula is C17H14FNO3. The highest BCUT2D eigenvalue weighted by Gasteiger charge is 2.34. The number of carbonyl (C=O) groups is 2. The molecule has 0 saturated carbocycles. The second kappa shape index (κ2) is 5.60. The summed E-state index contributed by atoms with van der Waals surface area (Å²) in [5.41, 5.74) is 2.01. The Labute approximate surface area is 126 Å². The Morgan fingerprint density at radius 1 is 1.09 bits per heavy atom. The third-order valence-electron chi connectivity index (χ3n) is 3.87. The molecule has 0 saturated heterocycles. The van der Waals surface area contributed by atoms with Crippen LogP contribution >= 0.6 is 0 Å². The summed E-state index contributed by atoms with van der Waals surface area (Å²) in [5, 5.41) is 9.42. The Morgan fingerprint density at radius 2 is 1.82 bits per heavy atom. The molecule has 0 spiro atoms. The second-order valence-corrected chi connectivity index (χ2v) is 5.27. The number of amides is 1. The van der Waals surface area contributed by atoms with Crippen molar-refractivity contribution in [2.24, 2.45) is 0 Å². The van der Waals surface area contributed by atoms with Gasteiger partial charge in [0, 0.05) is 18.5 Å². The molecule has 0 aromatic heterocycles. The molecule has 4 nitrogen and oxygen atoms in total. The van der Waals surface area contributed by atoms with Gasteiger partial charge in [-0.3, -0.25) is 4.79 Å². The van der Waals surface area contributed by atoms with E-state index in [1.165, 1.54) is 23.1 Å². The van der Waals surface area contributed by atoms with Crippen molar-refractivity contribution in [3.05, 3.63) is 71.0 Å². The zero-order chi connectivity index (χ0) is 15.7. The predicted octanol–water partition coefficient (Wildman–Crippen LogP) is 2.48. The molecule has 2 aromatic carbocycles. The van der Waals surface area contributed by atoms with Gasteiger partial charge < -0.3 is 10.0 Å². The number of carbonyl (C=O) groups excluding carboxylic acids is 1. The fourth-order valence-corrected chi connectivity index (χ4v) is 2.74. The van der Waals surface area contributed by atoms with Crippen molar-refractivity contribution >= 4 is 11.9 Å². The quantitative estimate of drug-likeness (QED) is 0.927. The molecule has 0 fully saturated rings. The molecule has 1 aliphatic heterocycles. The maximum Gasteiger partial charge on any atom is 0.326 e. The van der Waals surface area contributed by atoms with E-state index >= 15 is 0 Å². The molecule has 1 N–H and O–H groups in total. The average molecular weight is 299 g/mol. The Hall–Kier alpha value is -2.69. The van der Waals surface area contributed by atoms with Crippen LogP contribution in [0, 0.1) is 5.82 Å². The maximum atomic E-state index is 13.3. The van der Waals surface area contributed by atoms with Crippen LogP contribution in [-0.4, -0.2) is 27.9 Å². The third kappa shape index (κ3) is 2.57. The third-order valence-corrected chi connectivity index (χ3v) is 3.87. The number of rotatable bonds is 2. The topological polar surface area (TPSA) is 57.6 Å². The van der Waals surface area contributed by atoms with Crippen molar-refractivity contribution in [2.75, 3.05) is 0 Å². The number of benzene rings is 2. The van der Waals surface area contributed by atoms with E-state index in [0.29, 0.717) is 0 Å². The van der Waals surface area contributed by atoms with Gasteiger partial charge in [-0.15, -0.1) is 0 Å². The first-order valence-corrected chi connectivity index (χ1v) is 6.92. The summed E-state index contributed by atoms with van der Waals surface area (Å²) in [5.74, 6) is -2.05. The number of carboxylic acids is 1. The van der Waals surface area contributed by atoms with E-state index in [0.717, 1.165) is 17.2 Å². The molecule has 2 aromatic rings. The van der Waals surface area contributed by atoms with E-state index in [-0.39, 0.29) is 18.5 Å². The van der Waals surface area contributed by atoms with Crippen LogP contribution in [0.4, 0.5) is 4.39 Å². The zero-order valence-corrected chi connectivity index (χ0v) is 11.7. The summed E-state index contributed by atoms with van der Waals surface area (Å²) in [6.45, 7) is 0.211. The fraction of sp³-hybridized carbons (Fsp3) is 0.176. The monoisotopic (exact) mass is 299 g/mol. The number of halogens is 1. The van der Waals surface area contributed by atoms with Gasteiger partial charge in [-0.25, -0.2) is 9.18 Å². The van der Waals surface area contributed by atoms with Crippen molar-refractivity contribution < 1.29 is 19.1 Å². The van der Waals surface area contributed by atoms with E-state index in [1.54, 1.807) is 0 Å². The van der Waals surface area contributed by atoms with Crippen molar-refractivity contribution in [1.82, 2.24) is 4.90 Å². The Balaban J connectivity index is 1.97. The van der Waals surface area contributed by atoms with Crippen LogP contribution in [-0.2, 0) is 17.8 Å². The number of nitrogens with zero attached hydrogens (tertiary/aromatic N) is 1. The van der Waals surface area contributed by atoms with Crippen LogP contribution in [0.3, 0.4) is 0 Å². The van der Waals surface area contributed by atoms with Crippen LogP contribution in [0.1, 0.15) is 21.5 Å². The van der Waals surface area contributed by atoms with E-state index in [2.05, 4.69) is 0 Å². The second-order valence-electron chi connectivity index (χ2n) is 5.27. The van der Waals surface area contributed by atoms with Gasteiger partial charge in [0.05, 0.1) is 0 Å². The summed E-state index contributed by atoms with van der Waals surface area (Å²) < 4.78 is 13.3. The number of carboxylic acid groups (broad SMARTS) is 1. The smallest absolute Gasteiger partial charge is 0.326 e. The molecule has 1 amide bonds. The summed E-state index contributed by atoms with van der Waals surface area (Å²) in [7, 11) is 0. The molecule has 112 valence electrons. The molecule has 22 heavy (non-hydrogen) atoms. The first-order valence-electron chi connectivity index (χ1n) is 6.92. The Kier molecular flexibility index (Phi) is 3.63. The summed E-state index contributed by atoms with van der Waals surface area (Å²) in [6.07, 6.45) is 0.257. The molecule has 5 heteroatoms. The SMILES string of the molecule is O=C(O)C1Cc2ccccc2CN1C(=O)c1cccc(F)c1. The average Bonchev–Trinajstić information content (AvgIpc) is 2.52. The van der Waals surface area contributed by atoms with Gasteiger partial charge in [-0.2, -0.15) is 0 Å². The lowest BCUT2D eigenvalue weighted by atomic mass is 9.93. The minimum atomic E-state index is -1.06. The fourth-order valence-electron chi connectivity index (χ4n) is 2.74. The molecule has 1 unspecified atom stereocenters. The van der Waals surface area contributed by atoms with Crippen molar-refractivity contribution in [3.8, 4) is 0 Å². The molecule has 0 bridgehead atoms. The van der Waals surface area contributed by atoms with E-state index in [4.69, 9.17) is 0 Å². The number of fused-ring (bicyclic) bond motifs is 1. The molecule has 1 heterocycles. The molecule has 0 aliphatic carbocycles. The molecule has 1 atom stereocenters. The molecular weight excluding hydrogens is 285 g/mol. The first kappa shape index (κ1) is 14.3. The van der Waals surface area contributed by atoms with Gasteiger partial charge in [0.15, 0.2) is 0 Å². The van der Waals surface area contributed by atoms with Gasteiger partial charge >= 0.3 is 5.97 Å². The van der Waals surface area contributed by atoms with Gasteiger partial charge in [-0.05, 0) is 29.3 Å². The minimum Gasteiger partial charge on any atom is -0.480 e. The molecule has 1 aliphatic rings. The highest BCUT2D eigenvalue weighted by Crippen LogP contribution is 2.25. The Morgan fingerprint density at radius 3 is 2.50 bits per heavy atom. The van der Waals surface area contributed by atoms with Gasteiger partial charge in [0.2, 0.25) is 0 Å². The standard InChI is InChI=1S/C17H14FNO3/c18-14-7-3-6-12(8-14)16(20)19-10-13-5-2-1-4-11(13)9-15(19)17(21)22/h1-8,15H,9-10H2,(H,21,22). The van der Waals surface area contributed by atoms with Crippen LogP contribution < -0.4 is 0 Å². The predicted molar refractivity (Wildman–Crippen MR) is 77.8 cm³/mol.